The second-order valence-electron chi connectivity index (χ2n) is 4.88. The summed E-state index contributed by atoms with van der Waals surface area (Å²) >= 11 is 0. The Balaban J connectivity index is 2.31. The van der Waals surface area contributed by atoms with Gasteiger partial charge in [-0.1, -0.05) is 35.9 Å². The highest BCUT2D eigenvalue weighted by atomic mass is 19.4. The van der Waals surface area contributed by atoms with Crippen LogP contribution in [0.3, 0.4) is 0 Å². The van der Waals surface area contributed by atoms with Crippen LogP contribution in [0.2, 0.25) is 0 Å². The van der Waals surface area contributed by atoms with Crippen molar-refractivity contribution < 1.29 is 23.0 Å². The SMILES string of the molecule is Cc1ccc(C(O)c2cccc(OC(F)(F)F)c2)c(C)c1. The van der Waals surface area contributed by atoms with Gasteiger partial charge in [0.1, 0.15) is 11.9 Å². The first-order valence-electron chi connectivity index (χ1n) is 6.37. The average molecular weight is 296 g/mol. The zero-order valence-electron chi connectivity index (χ0n) is 11.6. The van der Waals surface area contributed by atoms with Gasteiger partial charge >= 0.3 is 6.36 Å². The van der Waals surface area contributed by atoms with Crippen LogP contribution in [-0.2, 0) is 0 Å². The zero-order chi connectivity index (χ0) is 15.6. The van der Waals surface area contributed by atoms with Crippen LogP contribution in [0.15, 0.2) is 42.5 Å². The van der Waals surface area contributed by atoms with E-state index < -0.39 is 12.5 Å². The van der Waals surface area contributed by atoms with Gasteiger partial charge in [0.15, 0.2) is 0 Å². The molecule has 2 aromatic carbocycles. The molecule has 0 amide bonds. The lowest BCUT2D eigenvalue weighted by Gasteiger charge is -2.16. The van der Waals surface area contributed by atoms with E-state index in [1.807, 2.05) is 26.0 Å². The van der Waals surface area contributed by atoms with Crippen LogP contribution >= 0.6 is 0 Å². The number of rotatable bonds is 3. The standard InChI is InChI=1S/C16H15F3O2/c1-10-6-7-14(11(2)8-10)15(20)12-4-3-5-13(9-12)21-16(17,18)19/h3-9,15,20H,1-2H3. The molecule has 0 saturated carbocycles. The number of ether oxygens (including phenoxy) is 1. The molecule has 0 radical (unpaired) electrons. The summed E-state index contributed by atoms with van der Waals surface area (Å²) < 4.78 is 40.5. The van der Waals surface area contributed by atoms with Crippen molar-refractivity contribution in [3.05, 3.63) is 64.7 Å². The van der Waals surface area contributed by atoms with Gasteiger partial charge in [0.25, 0.3) is 0 Å². The molecular weight excluding hydrogens is 281 g/mol. The molecule has 21 heavy (non-hydrogen) atoms. The molecule has 1 unspecified atom stereocenters. The minimum Gasteiger partial charge on any atom is -0.406 e. The summed E-state index contributed by atoms with van der Waals surface area (Å²) in [5.41, 5.74) is 2.94. The molecule has 0 aliphatic carbocycles. The third kappa shape index (κ3) is 3.98. The number of aryl methyl sites for hydroxylation is 2. The lowest BCUT2D eigenvalue weighted by atomic mass is 9.96. The van der Waals surface area contributed by atoms with Crippen molar-refractivity contribution in [3.8, 4) is 5.75 Å². The molecule has 0 aliphatic heterocycles. The van der Waals surface area contributed by atoms with Crippen LogP contribution in [0, 0.1) is 13.8 Å². The van der Waals surface area contributed by atoms with Gasteiger partial charge < -0.3 is 9.84 Å². The van der Waals surface area contributed by atoms with Gasteiger partial charge in [-0.25, -0.2) is 0 Å². The Labute approximate surface area is 120 Å². The molecule has 0 heterocycles. The van der Waals surface area contributed by atoms with Gasteiger partial charge in [0, 0.05) is 0 Å². The van der Waals surface area contributed by atoms with Crippen LogP contribution in [-0.4, -0.2) is 11.5 Å². The van der Waals surface area contributed by atoms with Crippen molar-refractivity contribution in [2.75, 3.05) is 0 Å². The lowest BCUT2D eigenvalue weighted by molar-refractivity contribution is -0.274. The van der Waals surface area contributed by atoms with E-state index in [1.165, 1.54) is 18.2 Å². The summed E-state index contributed by atoms with van der Waals surface area (Å²) in [6.45, 7) is 3.78. The Bertz CT molecular complexity index is 636. The fourth-order valence-electron chi connectivity index (χ4n) is 2.19. The van der Waals surface area contributed by atoms with Crippen LogP contribution in [0.4, 0.5) is 13.2 Å². The Kier molecular flexibility index (Phi) is 4.23. The second kappa shape index (κ2) is 5.77. The Morgan fingerprint density at radius 2 is 1.76 bits per heavy atom. The maximum atomic E-state index is 12.2. The van der Waals surface area contributed by atoms with E-state index in [2.05, 4.69) is 4.74 Å². The van der Waals surface area contributed by atoms with Crippen LogP contribution in [0.5, 0.6) is 5.75 Å². The molecule has 2 rings (SSSR count). The molecular formula is C16H15F3O2. The summed E-state index contributed by atoms with van der Waals surface area (Å²) in [6, 6.07) is 10.9. The van der Waals surface area contributed by atoms with Crippen molar-refractivity contribution in [1.82, 2.24) is 0 Å². The summed E-state index contributed by atoms with van der Waals surface area (Å²) in [4.78, 5) is 0. The number of aliphatic hydroxyl groups excluding tert-OH is 1. The molecule has 0 fully saturated rings. The van der Waals surface area contributed by atoms with Gasteiger partial charge in [-0.3, -0.25) is 0 Å². The third-order valence-electron chi connectivity index (χ3n) is 3.13. The van der Waals surface area contributed by atoms with E-state index in [9.17, 15) is 18.3 Å². The normalized spacial score (nSPS) is 13.0. The van der Waals surface area contributed by atoms with E-state index in [0.717, 1.165) is 11.1 Å². The van der Waals surface area contributed by atoms with E-state index in [-0.39, 0.29) is 5.75 Å². The first-order valence-corrected chi connectivity index (χ1v) is 6.37. The van der Waals surface area contributed by atoms with Crippen LogP contribution < -0.4 is 4.74 Å². The first-order chi connectivity index (χ1) is 9.76. The molecule has 2 nitrogen and oxygen atoms in total. The van der Waals surface area contributed by atoms with Crippen LogP contribution in [0.1, 0.15) is 28.4 Å². The van der Waals surface area contributed by atoms with Crippen molar-refractivity contribution in [2.45, 2.75) is 26.3 Å². The predicted octanol–water partition coefficient (Wildman–Crippen LogP) is 4.28. The van der Waals surface area contributed by atoms with E-state index >= 15 is 0 Å². The lowest BCUT2D eigenvalue weighted by Crippen LogP contribution is -2.17. The summed E-state index contributed by atoms with van der Waals surface area (Å²) in [6.07, 6.45) is -5.74. The summed E-state index contributed by atoms with van der Waals surface area (Å²) in [7, 11) is 0. The fourth-order valence-corrected chi connectivity index (χ4v) is 2.19. The van der Waals surface area contributed by atoms with Gasteiger partial charge in [-0.05, 0) is 42.7 Å². The minimum absolute atomic E-state index is 0.344. The molecule has 2 aromatic rings. The zero-order valence-corrected chi connectivity index (χ0v) is 11.6. The number of benzene rings is 2. The smallest absolute Gasteiger partial charge is 0.406 e. The van der Waals surface area contributed by atoms with E-state index in [1.54, 1.807) is 12.1 Å². The largest absolute Gasteiger partial charge is 0.573 e. The average Bonchev–Trinajstić information content (AvgIpc) is 2.36. The molecule has 0 saturated heterocycles. The number of alkyl halides is 3. The van der Waals surface area contributed by atoms with Gasteiger partial charge in [0.2, 0.25) is 0 Å². The summed E-state index contributed by atoms with van der Waals surface area (Å²) in [5, 5.41) is 10.3. The van der Waals surface area contributed by atoms with Crippen molar-refractivity contribution in [1.29, 1.82) is 0 Å². The molecule has 1 N–H and O–H groups in total. The molecule has 0 spiro atoms. The number of hydrogen-bond acceptors (Lipinski definition) is 2. The molecule has 5 heteroatoms. The van der Waals surface area contributed by atoms with E-state index in [4.69, 9.17) is 0 Å². The minimum atomic E-state index is -4.75. The maximum absolute atomic E-state index is 12.2. The van der Waals surface area contributed by atoms with Crippen molar-refractivity contribution >= 4 is 0 Å². The quantitative estimate of drug-likeness (QED) is 0.916. The summed E-state index contributed by atoms with van der Waals surface area (Å²) in [5.74, 6) is -0.344. The highest BCUT2D eigenvalue weighted by molar-refractivity contribution is 5.39. The fraction of sp³-hybridized carbons (Fsp3) is 0.250. The van der Waals surface area contributed by atoms with E-state index in [0.29, 0.717) is 11.1 Å². The molecule has 0 aromatic heterocycles. The topological polar surface area (TPSA) is 29.5 Å². The number of aliphatic hydroxyl groups is 1. The molecule has 112 valence electrons. The highest BCUT2D eigenvalue weighted by Crippen LogP contribution is 2.29. The first kappa shape index (κ1) is 15.4. The van der Waals surface area contributed by atoms with Crippen LogP contribution in [0.25, 0.3) is 0 Å². The van der Waals surface area contributed by atoms with Crippen molar-refractivity contribution in [3.63, 3.8) is 0 Å². The molecule has 1 atom stereocenters. The Morgan fingerprint density at radius 1 is 1.05 bits per heavy atom. The molecule has 0 aliphatic rings. The maximum Gasteiger partial charge on any atom is 0.573 e. The van der Waals surface area contributed by atoms with Gasteiger partial charge in [0.05, 0.1) is 0 Å². The number of hydrogen-bond donors (Lipinski definition) is 1. The number of halogens is 3. The second-order valence-corrected chi connectivity index (χ2v) is 4.88. The Morgan fingerprint density at radius 3 is 2.38 bits per heavy atom. The highest BCUT2D eigenvalue weighted by Gasteiger charge is 2.31. The van der Waals surface area contributed by atoms with Gasteiger partial charge in [-0.2, -0.15) is 0 Å². The Hall–Kier alpha value is -2.01. The third-order valence-corrected chi connectivity index (χ3v) is 3.13. The molecule has 0 bridgehead atoms. The predicted molar refractivity (Wildman–Crippen MR) is 73.1 cm³/mol. The van der Waals surface area contributed by atoms with Gasteiger partial charge in [-0.15, -0.1) is 13.2 Å². The monoisotopic (exact) mass is 296 g/mol. The van der Waals surface area contributed by atoms with Crippen molar-refractivity contribution in [2.24, 2.45) is 0 Å².